The Morgan fingerprint density at radius 3 is 2.68 bits per heavy atom. The number of amides is 1. The molecule has 0 aromatic heterocycles. The summed E-state index contributed by atoms with van der Waals surface area (Å²) in [5, 5.41) is 3.10. The molecule has 1 saturated heterocycles. The molecule has 1 aliphatic heterocycles. The minimum atomic E-state index is -0.0353. The molecule has 4 nitrogen and oxygen atoms in total. The van der Waals surface area contributed by atoms with Crippen molar-refractivity contribution in [2.24, 2.45) is 5.92 Å². The molecule has 0 radical (unpaired) electrons. The highest BCUT2D eigenvalue weighted by atomic mass is 35.5. The summed E-state index contributed by atoms with van der Waals surface area (Å²) >= 11 is 0. The van der Waals surface area contributed by atoms with Crippen molar-refractivity contribution in [2.75, 3.05) is 25.4 Å². The second-order valence-corrected chi connectivity index (χ2v) is 7.43. The number of benzene rings is 1. The van der Waals surface area contributed by atoms with Crippen molar-refractivity contribution < 1.29 is 4.79 Å². The van der Waals surface area contributed by atoms with E-state index in [1.54, 1.807) is 6.07 Å². The first-order valence-corrected chi connectivity index (χ1v) is 8.73. The third-order valence-electron chi connectivity index (χ3n) is 5.14. The van der Waals surface area contributed by atoms with Crippen LogP contribution in [0.3, 0.4) is 0 Å². The minimum absolute atomic E-state index is 0. The summed E-state index contributed by atoms with van der Waals surface area (Å²) in [5.74, 6) is 0.752. The molecular formula is C19H33Cl2N3O. The van der Waals surface area contributed by atoms with E-state index >= 15 is 0 Å². The van der Waals surface area contributed by atoms with Crippen LogP contribution in [-0.4, -0.2) is 36.0 Å². The Kier molecular flexibility index (Phi) is 9.85. The van der Waals surface area contributed by atoms with Gasteiger partial charge in [0.1, 0.15) is 0 Å². The topological polar surface area (TPSA) is 58.4 Å². The molecule has 1 aliphatic rings. The van der Waals surface area contributed by atoms with Crippen molar-refractivity contribution in [3.8, 4) is 0 Å². The first-order valence-electron chi connectivity index (χ1n) is 8.73. The maximum Gasteiger partial charge on any atom is 0.251 e. The van der Waals surface area contributed by atoms with Crippen molar-refractivity contribution >= 4 is 36.4 Å². The Bertz CT molecular complexity index is 564. The van der Waals surface area contributed by atoms with Gasteiger partial charge in [0.2, 0.25) is 0 Å². The summed E-state index contributed by atoms with van der Waals surface area (Å²) in [6, 6.07) is 5.48. The maximum atomic E-state index is 12.5. The zero-order valence-electron chi connectivity index (χ0n) is 15.8. The largest absolute Gasteiger partial charge is 0.399 e. The predicted molar refractivity (Wildman–Crippen MR) is 111 cm³/mol. The Morgan fingerprint density at radius 1 is 1.36 bits per heavy atom. The molecule has 1 unspecified atom stereocenters. The van der Waals surface area contributed by atoms with Gasteiger partial charge >= 0.3 is 0 Å². The molecule has 1 atom stereocenters. The van der Waals surface area contributed by atoms with Crippen LogP contribution in [0.1, 0.15) is 56.0 Å². The number of piperidine rings is 1. The van der Waals surface area contributed by atoms with Gasteiger partial charge < -0.3 is 11.1 Å². The summed E-state index contributed by atoms with van der Waals surface area (Å²) in [6.07, 6.45) is 3.82. The quantitative estimate of drug-likeness (QED) is 0.746. The van der Waals surface area contributed by atoms with E-state index in [1.807, 2.05) is 19.1 Å². The van der Waals surface area contributed by atoms with Crippen molar-refractivity contribution in [1.82, 2.24) is 10.2 Å². The van der Waals surface area contributed by atoms with Crippen molar-refractivity contribution in [2.45, 2.75) is 52.5 Å². The molecule has 25 heavy (non-hydrogen) atoms. The highest BCUT2D eigenvalue weighted by molar-refractivity contribution is 5.96. The lowest BCUT2D eigenvalue weighted by Crippen LogP contribution is -2.54. The zero-order chi connectivity index (χ0) is 17.0. The molecule has 144 valence electrons. The van der Waals surface area contributed by atoms with Gasteiger partial charge in [0.25, 0.3) is 5.91 Å². The van der Waals surface area contributed by atoms with Crippen molar-refractivity contribution in [1.29, 1.82) is 0 Å². The lowest BCUT2D eigenvalue weighted by Gasteiger charge is -2.43. The molecule has 1 amide bonds. The van der Waals surface area contributed by atoms with Gasteiger partial charge in [-0.1, -0.05) is 19.4 Å². The standard InChI is InChI=1S/C19H31N3O.2ClH/c1-5-15-7-6-10-22(12-15)19(3,4)13-21-18(23)17-11-16(20)9-8-14(17)2;;/h8-9,11,15H,5-7,10,12-13,20H2,1-4H3,(H,21,23);2*1H. The van der Waals surface area contributed by atoms with Crippen LogP contribution in [0.4, 0.5) is 5.69 Å². The molecule has 0 aliphatic carbocycles. The van der Waals surface area contributed by atoms with Crippen LogP contribution in [-0.2, 0) is 0 Å². The predicted octanol–water partition coefficient (Wildman–Crippen LogP) is 4.05. The van der Waals surface area contributed by atoms with Crippen molar-refractivity contribution in [3.05, 3.63) is 29.3 Å². The fourth-order valence-corrected chi connectivity index (χ4v) is 3.34. The fraction of sp³-hybridized carbons (Fsp3) is 0.632. The highest BCUT2D eigenvalue weighted by Crippen LogP contribution is 2.25. The summed E-state index contributed by atoms with van der Waals surface area (Å²) in [7, 11) is 0. The molecule has 1 fully saturated rings. The van der Waals surface area contributed by atoms with Gasteiger partial charge in [0.15, 0.2) is 0 Å². The van der Waals surface area contributed by atoms with Crippen LogP contribution in [0.15, 0.2) is 18.2 Å². The molecule has 3 N–H and O–H groups in total. The number of anilines is 1. The second-order valence-electron chi connectivity index (χ2n) is 7.43. The number of nitrogens with two attached hydrogens (primary N) is 1. The van der Waals surface area contributed by atoms with Crippen LogP contribution in [0, 0.1) is 12.8 Å². The van der Waals surface area contributed by atoms with Crippen molar-refractivity contribution in [3.63, 3.8) is 0 Å². The summed E-state index contributed by atoms with van der Waals surface area (Å²) < 4.78 is 0. The van der Waals surface area contributed by atoms with Gasteiger partial charge in [-0.05, 0) is 63.8 Å². The average Bonchev–Trinajstić information content (AvgIpc) is 2.55. The minimum Gasteiger partial charge on any atom is -0.399 e. The number of hydrogen-bond acceptors (Lipinski definition) is 3. The number of aryl methyl sites for hydroxylation is 1. The third kappa shape index (κ3) is 6.36. The van der Waals surface area contributed by atoms with Crippen LogP contribution >= 0.6 is 24.8 Å². The number of nitrogens with zero attached hydrogens (tertiary/aromatic N) is 1. The molecule has 0 spiro atoms. The van der Waals surface area contributed by atoms with Gasteiger partial charge in [-0.15, -0.1) is 24.8 Å². The number of likely N-dealkylation sites (tertiary alicyclic amines) is 1. The molecule has 1 aromatic rings. The number of carbonyl (C=O) groups is 1. The fourth-order valence-electron chi connectivity index (χ4n) is 3.34. The lowest BCUT2D eigenvalue weighted by molar-refractivity contribution is 0.0612. The zero-order valence-corrected chi connectivity index (χ0v) is 17.4. The number of nitrogen functional groups attached to an aromatic ring is 1. The molecule has 2 rings (SSSR count). The smallest absolute Gasteiger partial charge is 0.251 e. The molecule has 0 saturated carbocycles. The van der Waals surface area contributed by atoms with Crippen LogP contribution in [0.5, 0.6) is 0 Å². The van der Waals surface area contributed by atoms with Gasteiger partial charge in [0, 0.05) is 29.9 Å². The summed E-state index contributed by atoms with van der Waals surface area (Å²) in [4.78, 5) is 15.0. The van der Waals surface area contributed by atoms with E-state index < -0.39 is 0 Å². The Balaban J connectivity index is 0.00000288. The number of nitrogens with one attached hydrogen (secondary N) is 1. The maximum absolute atomic E-state index is 12.5. The highest BCUT2D eigenvalue weighted by Gasteiger charge is 2.31. The number of rotatable bonds is 5. The first-order chi connectivity index (χ1) is 10.8. The lowest BCUT2D eigenvalue weighted by atomic mass is 9.91. The Hall–Kier alpha value is -0.970. The van der Waals surface area contributed by atoms with Crippen LogP contribution < -0.4 is 11.1 Å². The number of carbonyl (C=O) groups excluding carboxylic acids is 1. The van der Waals surface area contributed by atoms with Gasteiger partial charge in [-0.2, -0.15) is 0 Å². The van der Waals surface area contributed by atoms with E-state index in [0.29, 0.717) is 17.8 Å². The summed E-state index contributed by atoms with van der Waals surface area (Å²) in [6.45, 7) is 11.6. The van der Waals surface area contributed by atoms with Crippen LogP contribution in [0.2, 0.25) is 0 Å². The van der Waals surface area contributed by atoms with Crippen LogP contribution in [0.25, 0.3) is 0 Å². The normalized spacial score (nSPS) is 18.0. The number of halogens is 2. The van der Waals surface area contributed by atoms with E-state index in [9.17, 15) is 4.79 Å². The second kappa shape index (κ2) is 10.2. The SMILES string of the molecule is CCC1CCCN(C(C)(C)CNC(=O)c2cc(N)ccc2C)C1.Cl.Cl. The average molecular weight is 390 g/mol. The monoisotopic (exact) mass is 389 g/mol. The van der Waals surface area contributed by atoms with E-state index in [1.165, 1.54) is 19.3 Å². The summed E-state index contributed by atoms with van der Waals surface area (Å²) in [5.41, 5.74) is 8.03. The Morgan fingerprint density at radius 2 is 2.04 bits per heavy atom. The number of hydrogen-bond donors (Lipinski definition) is 2. The van der Waals surface area contributed by atoms with E-state index in [2.05, 4.69) is 31.0 Å². The first kappa shape index (κ1) is 24.0. The Labute approximate surface area is 164 Å². The van der Waals surface area contributed by atoms with E-state index in [4.69, 9.17) is 5.73 Å². The molecule has 1 aromatic carbocycles. The van der Waals surface area contributed by atoms with E-state index in [0.717, 1.165) is 24.6 Å². The van der Waals surface area contributed by atoms with E-state index in [-0.39, 0.29) is 36.3 Å². The molecule has 6 heteroatoms. The molecular weight excluding hydrogens is 357 g/mol. The molecule has 0 bridgehead atoms. The van der Waals surface area contributed by atoms with Gasteiger partial charge in [-0.25, -0.2) is 0 Å². The third-order valence-corrected chi connectivity index (χ3v) is 5.14. The van der Waals surface area contributed by atoms with Gasteiger partial charge in [-0.3, -0.25) is 9.69 Å². The molecule has 1 heterocycles. The van der Waals surface area contributed by atoms with Gasteiger partial charge in [0.05, 0.1) is 0 Å².